The fraction of sp³-hybridized carbons (Fsp3) is 0.0833. The number of ether oxygens (including phenoxy) is 1. The summed E-state index contributed by atoms with van der Waals surface area (Å²) in [5.41, 5.74) is 2.25. The van der Waals surface area contributed by atoms with E-state index in [1.54, 1.807) is 18.3 Å². The van der Waals surface area contributed by atoms with Crippen molar-refractivity contribution in [2.24, 2.45) is 14.1 Å². The van der Waals surface area contributed by atoms with E-state index in [0.29, 0.717) is 22.1 Å². The van der Waals surface area contributed by atoms with Crippen molar-refractivity contribution >= 4 is 44.1 Å². The molecule has 7 nitrogen and oxygen atoms in total. The first-order chi connectivity index (χ1) is 20.9. The highest BCUT2D eigenvalue weighted by atomic mass is 16.6. The highest BCUT2D eigenvalue weighted by Gasteiger charge is 2.50. The van der Waals surface area contributed by atoms with Gasteiger partial charge in [0.2, 0.25) is 5.78 Å². The van der Waals surface area contributed by atoms with E-state index in [0.717, 1.165) is 27.2 Å². The Morgan fingerprint density at radius 3 is 2.16 bits per heavy atom. The number of carbonyl (C=O) groups excluding carboxylic acids is 1. The summed E-state index contributed by atoms with van der Waals surface area (Å²) >= 11 is 0. The van der Waals surface area contributed by atoms with Gasteiger partial charge in [0.05, 0.1) is 5.57 Å². The van der Waals surface area contributed by atoms with E-state index in [4.69, 9.17) is 4.74 Å². The summed E-state index contributed by atoms with van der Waals surface area (Å²) in [4.78, 5) is 14.2. The SMILES string of the molecule is Cn1cc(C(=O)/C(C#N)=C2\C(C#N)=C(c3cn(C)c4ccccc34)OC2(O)c2ccc3ccccc3c2)c2ccccc21. The van der Waals surface area contributed by atoms with Crippen LogP contribution in [0.2, 0.25) is 0 Å². The Kier molecular flexibility index (Phi) is 5.81. The predicted molar refractivity (Wildman–Crippen MR) is 164 cm³/mol. The zero-order valence-corrected chi connectivity index (χ0v) is 23.4. The summed E-state index contributed by atoms with van der Waals surface area (Å²) in [5, 5.41) is 36.9. The van der Waals surface area contributed by atoms with Gasteiger partial charge in [-0.25, -0.2) is 0 Å². The third-order valence-corrected chi connectivity index (χ3v) is 8.19. The number of aliphatic hydroxyl groups is 1. The van der Waals surface area contributed by atoms with Crippen molar-refractivity contribution < 1.29 is 14.6 Å². The first-order valence-electron chi connectivity index (χ1n) is 13.7. The van der Waals surface area contributed by atoms with Crippen LogP contribution in [0.1, 0.15) is 21.5 Å². The molecule has 0 bridgehead atoms. The molecule has 43 heavy (non-hydrogen) atoms. The van der Waals surface area contributed by atoms with Crippen LogP contribution < -0.4 is 0 Å². The lowest BCUT2D eigenvalue weighted by Gasteiger charge is -2.26. The molecule has 0 spiro atoms. The first-order valence-corrected chi connectivity index (χ1v) is 13.7. The molecule has 3 heterocycles. The molecule has 1 aliphatic heterocycles. The largest absolute Gasteiger partial charge is 0.452 e. The maximum Gasteiger partial charge on any atom is 0.264 e. The number of hydrogen-bond donors (Lipinski definition) is 1. The summed E-state index contributed by atoms with van der Waals surface area (Å²) in [7, 11) is 3.70. The molecule has 2 aromatic heterocycles. The third-order valence-electron chi connectivity index (χ3n) is 8.19. The molecule has 0 radical (unpaired) electrons. The van der Waals surface area contributed by atoms with Gasteiger partial charge in [0.25, 0.3) is 5.79 Å². The molecular weight excluding hydrogens is 536 g/mol. The number of aryl methyl sites for hydroxylation is 2. The Labute approximate surface area is 247 Å². The molecule has 0 saturated carbocycles. The zero-order valence-electron chi connectivity index (χ0n) is 23.4. The molecule has 206 valence electrons. The van der Waals surface area contributed by atoms with Gasteiger partial charge in [-0.3, -0.25) is 4.79 Å². The van der Waals surface area contributed by atoms with Crippen molar-refractivity contribution in [1.29, 1.82) is 10.5 Å². The van der Waals surface area contributed by atoms with E-state index >= 15 is 0 Å². The smallest absolute Gasteiger partial charge is 0.264 e. The predicted octanol–water partition coefficient (Wildman–Crippen LogP) is 6.64. The molecule has 0 saturated heterocycles. The van der Waals surface area contributed by atoms with Crippen molar-refractivity contribution in [3.63, 3.8) is 0 Å². The first kappa shape index (κ1) is 26.0. The highest BCUT2D eigenvalue weighted by Crippen LogP contribution is 2.51. The average molecular weight is 561 g/mol. The van der Waals surface area contributed by atoms with Crippen LogP contribution in [0.4, 0.5) is 0 Å². The van der Waals surface area contributed by atoms with Crippen LogP contribution in [-0.4, -0.2) is 20.0 Å². The summed E-state index contributed by atoms with van der Waals surface area (Å²) in [6, 6.07) is 32.2. The van der Waals surface area contributed by atoms with Crippen LogP contribution in [0, 0.1) is 22.7 Å². The van der Waals surface area contributed by atoms with Crippen LogP contribution >= 0.6 is 0 Å². The minimum atomic E-state index is -2.30. The molecule has 1 N–H and O–H groups in total. The zero-order chi connectivity index (χ0) is 29.9. The maximum absolute atomic E-state index is 14.2. The summed E-state index contributed by atoms with van der Waals surface area (Å²) in [6.07, 6.45) is 3.48. The van der Waals surface area contributed by atoms with Gasteiger partial charge in [-0.15, -0.1) is 0 Å². The van der Waals surface area contributed by atoms with Crippen LogP contribution in [0.25, 0.3) is 38.3 Å². The number of nitrogens with zero attached hydrogens (tertiary/aromatic N) is 4. The Morgan fingerprint density at radius 1 is 0.814 bits per heavy atom. The topological polar surface area (TPSA) is 104 Å². The second kappa shape index (κ2) is 9.60. The molecule has 0 fully saturated rings. The van der Waals surface area contributed by atoms with Crippen molar-refractivity contribution in [1.82, 2.24) is 9.13 Å². The number of carbonyl (C=O) groups is 1. The summed E-state index contributed by atoms with van der Waals surface area (Å²) in [5.74, 6) is -2.81. The van der Waals surface area contributed by atoms with Gasteiger partial charge in [0.15, 0.2) is 5.76 Å². The quantitative estimate of drug-likeness (QED) is 0.148. The molecule has 0 amide bonds. The Hall–Kier alpha value is -5.89. The lowest BCUT2D eigenvalue weighted by Crippen LogP contribution is -2.29. The minimum absolute atomic E-state index is 0.0721. The highest BCUT2D eigenvalue weighted by molar-refractivity contribution is 6.19. The van der Waals surface area contributed by atoms with Crippen LogP contribution in [0.5, 0.6) is 0 Å². The van der Waals surface area contributed by atoms with E-state index in [1.165, 1.54) is 0 Å². The number of allylic oxidation sites excluding steroid dienone is 1. The molecule has 7 heteroatoms. The van der Waals surface area contributed by atoms with Crippen molar-refractivity contribution in [3.8, 4) is 12.1 Å². The lowest BCUT2D eigenvalue weighted by molar-refractivity contribution is -0.120. The summed E-state index contributed by atoms with van der Waals surface area (Å²) < 4.78 is 10.1. The van der Waals surface area contributed by atoms with Crippen molar-refractivity contribution in [3.05, 3.63) is 137 Å². The third kappa shape index (κ3) is 3.80. The number of para-hydroxylation sites is 2. The van der Waals surface area contributed by atoms with E-state index in [1.807, 2.05) is 114 Å². The molecule has 4 aromatic carbocycles. The minimum Gasteiger partial charge on any atom is -0.452 e. The molecular formula is C36H24N4O3. The van der Waals surface area contributed by atoms with Gasteiger partial charge in [0, 0.05) is 65.0 Å². The van der Waals surface area contributed by atoms with E-state index in [-0.39, 0.29) is 22.5 Å². The molecule has 6 aromatic rings. The molecule has 1 unspecified atom stereocenters. The van der Waals surface area contributed by atoms with Gasteiger partial charge in [-0.2, -0.15) is 10.5 Å². The Balaban J connectivity index is 1.54. The number of fused-ring (bicyclic) bond motifs is 3. The number of aromatic nitrogens is 2. The summed E-state index contributed by atoms with van der Waals surface area (Å²) in [6.45, 7) is 0. The lowest BCUT2D eigenvalue weighted by atomic mass is 9.86. The number of rotatable bonds is 4. The number of Topliss-reactive ketones (excluding diaryl/α,β-unsaturated/α-hetero) is 1. The average Bonchev–Trinajstić information content (AvgIpc) is 3.66. The van der Waals surface area contributed by atoms with Crippen molar-refractivity contribution in [2.45, 2.75) is 5.79 Å². The van der Waals surface area contributed by atoms with Crippen LogP contribution in [0.3, 0.4) is 0 Å². The number of ketones is 1. The molecule has 7 rings (SSSR count). The number of hydrogen-bond acceptors (Lipinski definition) is 5. The van der Waals surface area contributed by atoms with Crippen molar-refractivity contribution in [2.75, 3.05) is 0 Å². The fourth-order valence-electron chi connectivity index (χ4n) is 6.13. The fourth-order valence-corrected chi connectivity index (χ4v) is 6.13. The Bertz CT molecular complexity index is 2300. The normalized spacial score (nSPS) is 17.7. The maximum atomic E-state index is 14.2. The second-order valence-corrected chi connectivity index (χ2v) is 10.7. The molecule has 1 atom stereocenters. The van der Waals surface area contributed by atoms with E-state index in [2.05, 4.69) is 6.07 Å². The molecule has 1 aliphatic rings. The van der Waals surface area contributed by atoms with Gasteiger partial charge < -0.3 is 19.0 Å². The van der Waals surface area contributed by atoms with Gasteiger partial charge in [-0.1, -0.05) is 72.8 Å². The number of benzene rings is 4. The monoisotopic (exact) mass is 560 g/mol. The second-order valence-electron chi connectivity index (χ2n) is 10.7. The standard InChI is InChI=1S/C36H24N4O3/c1-39-20-29(25-11-5-7-13-31(25)39)34(41)27(18-37)33-28(19-38)35(30-21-40(2)32-14-8-6-12-26(30)32)43-36(33,42)24-16-15-22-9-3-4-10-23(22)17-24/h3-17,20-21,42H,1-2H3/b33-27+. The number of nitriles is 2. The van der Waals surface area contributed by atoms with E-state index < -0.39 is 11.6 Å². The van der Waals surface area contributed by atoms with Gasteiger partial charge in [-0.05, 0) is 29.0 Å². The molecule has 0 aliphatic carbocycles. The van der Waals surface area contributed by atoms with Crippen LogP contribution in [-0.2, 0) is 24.6 Å². The van der Waals surface area contributed by atoms with Crippen LogP contribution in [0.15, 0.2) is 120 Å². The van der Waals surface area contributed by atoms with Gasteiger partial charge in [0.1, 0.15) is 23.3 Å². The van der Waals surface area contributed by atoms with E-state index in [9.17, 15) is 20.4 Å². The Morgan fingerprint density at radius 2 is 1.44 bits per heavy atom. The van der Waals surface area contributed by atoms with Gasteiger partial charge >= 0.3 is 0 Å².